The highest BCUT2D eigenvalue weighted by Crippen LogP contribution is 2.13. The molecule has 1 aliphatic rings. The van der Waals surface area contributed by atoms with Crippen LogP contribution in [-0.2, 0) is 17.8 Å². The first kappa shape index (κ1) is 25.0. The first-order valence-corrected chi connectivity index (χ1v) is 11.3. The van der Waals surface area contributed by atoms with Gasteiger partial charge in [-0.25, -0.2) is 4.79 Å². The van der Waals surface area contributed by atoms with Gasteiger partial charge in [0, 0.05) is 39.8 Å². The number of pyridine rings is 1. The number of ether oxygens (including phenoxy) is 1. The van der Waals surface area contributed by atoms with E-state index in [0.717, 1.165) is 11.1 Å². The van der Waals surface area contributed by atoms with E-state index in [1.807, 2.05) is 31.2 Å². The van der Waals surface area contributed by atoms with Gasteiger partial charge in [0.1, 0.15) is 16.9 Å². The van der Waals surface area contributed by atoms with Crippen molar-refractivity contribution < 1.29 is 19.1 Å². The normalized spacial score (nSPS) is 13.3. The van der Waals surface area contributed by atoms with E-state index in [1.165, 1.54) is 21.6 Å². The van der Waals surface area contributed by atoms with Crippen LogP contribution in [-0.4, -0.2) is 64.6 Å². The fraction of sp³-hybridized carbons (Fsp3) is 0.440. The molecule has 9 heteroatoms. The predicted molar refractivity (Wildman–Crippen MR) is 128 cm³/mol. The second-order valence-electron chi connectivity index (χ2n) is 9.45. The molecule has 0 fully saturated rings. The van der Waals surface area contributed by atoms with Crippen LogP contribution in [0.15, 0.2) is 41.2 Å². The smallest absolute Gasteiger partial charge is 0.410 e. The number of benzene rings is 1. The van der Waals surface area contributed by atoms with E-state index in [9.17, 15) is 19.2 Å². The summed E-state index contributed by atoms with van der Waals surface area (Å²) in [4.78, 5) is 53.6. The zero-order valence-corrected chi connectivity index (χ0v) is 20.4. The second kappa shape index (κ2) is 10.1. The summed E-state index contributed by atoms with van der Waals surface area (Å²) in [5, 5.41) is 2.76. The molecule has 0 saturated carbocycles. The van der Waals surface area contributed by atoms with E-state index in [-0.39, 0.29) is 23.7 Å². The number of fused-ring (bicyclic) bond motifs is 1. The van der Waals surface area contributed by atoms with Crippen LogP contribution in [0.25, 0.3) is 0 Å². The van der Waals surface area contributed by atoms with Crippen molar-refractivity contribution in [1.29, 1.82) is 0 Å². The lowest BCUT2D eigenvalue weighted by molar-refractivity contribution is 0.0273. The van der Waals surface area contributed by atoms with Crippen molar-refractivity contribution in [2.75, 3.05) is 26.7 Å². The summed E-state index contributed by atoms with van der Waals surface area (Å²) < 4.78 is 6.67. The van der Waals surface area contributed by atoms with E-state index in [4.69, 9.17) is 4.74 Å². The minimum Gasteiger partial charge on any atom is -0.444 e. The van der Waals surface area contributed by atoms with Crippen LogP contribution in [0.2, 0.25) is 0 Å². The molecule has 34 heavy (non-hydrogen) atoms. The van der Waals surface area contributed by atoms with Gasteiger partial charge in [0.15, 0.2) is 0 Å². The van der Waals surface area contributed by atoms with E-state index < -0.39 is 23.2 Å². The fourth-order valence-electron chi connectivity index (χ4n) is 3.54. The highest BCUT2D eigenvalue weighted by atomic mass is 16.6. The molecule has 0 spiro atoms. The minimum absolute atomic E-state index is 0.00164. The van der Waals surface area contributed by atoms with E-state index in [2.05, 4.69) is 5.32 Å². The summed E-state index contributed by atoms with van der Waals surface area (Å²) in [5.41, 5.74) is 1.19. The van der Waals surface area contributed by atoms with Crippen molar-refractivity contribution in [3.63, 3.8) is 0 Å². The molecule has 3 rings (SSSR count). The van der Waals surface area contributed by atoms with Crippen LogP contribution in [0, 0.1) is 6.92 Å². The van der Waals surface area contributed by atoms with E-state index >= 15 is 0 Å². The molecule has 2 aromatic rings. The van der Waals surface area contributed by atoms with Crippen molar-refractivity contribution in [3.8, 4) is 0 Å². The minimum atomic E-state index is -0.601. The van der Waals surface area contributed by atoms with Crippen LogP contribution in [0.3, 0.4) is 0 Å². The van der Waals surface area contributed by atoms with Crippen molar-refractivity contribution in [3.05, 3.63) is 69.1 Å². The molecule has 0 saturated heterocycles. The summed E-state index contributed by atoms with van der Waals surface area (Å²) in [6.45, 7) is 8.84. The molecule has 2 heterocycles. The van der Waals surface area contributed by atoms with Crippen LogP contribution in [0.5, 0.6) is 0 Å². The Kier molecular flexibility index (Phi) is 7.44. The van der Waals surface area contributed by atoms with Crippen molar-refractivity contribution in [1.82, 2.24) is 19.7 Å². The molecule has 0 atom stereocenters. The average molecular weight is 469 g/mol. The highest BCUT2D eigenvalue weighted by molar-refractivity contribution is 5.96. The molecule has 182 valence electrons. The van der Waals surface area contributed by atoms with Crippen LogP contribution in [0.1, 0.15) is 52.7 Å². The quantitative estimate of drug-likeness (QED) is 0.702. The molecule has 0 aliphatic carbocycles. The molecule has 0 unspecified atom stereocenters. The summed E-state index contributed by atoms with van der Waals surface area (Å²) in [6, 6.07) is 10.7. The number of nitrogens with zero attached hydrogens (tertiary/aromatic N) is 3. The van der Waals surface area contributed by atoms with Crippen molar-refractivity contribution in [2.45, 2.75) is 46.4 Å². The van der Waals surface area contributed by atoms with E-state index in [0.29, 0.717) is 26.2 Å². The molecule has 1 aliphatic heterocycles. The molecule has 0 radical (unpaired) electrons. The number of carbonyl (C=O) groups excluding carboxylic acids is 3. The van der Waals surface area contributed by atoms with Gasteiger partial charge in [-0.1, -0.05) is 29.8 Å². The topological polar surface area (TPSA) is 101 Å². The summed E-state index contributed by atoms with van der Waals surface area (Å²) in [6.07, 6.45) is -0.463. The Morgan fingerprint density at radius 3 is 2.38 bits per heavy atom. The van der Waals surface area contributed by atoms with Crippen LogP contribution >= 0.6 is 0 Å². The molecule has 9 nitrogen and oxygen atoms in total. The fourth-order valence-corrected chi connectivity index (χ4v) is 3.54. The molecule has 1 aromatic heterocycles. The number of carbonyl (C=O) groups is 3. The van der Waals surface area contributed by atoms with Crippen LogP contribution in [0.4, 0.5) is 4.79 Å². The van der Waals surface area contributed by atoms with Gasteiger partial charge < -0.3 is 24.4 Å². The highest BCUT2D eigenvalue weighted by Gasteiger charge is 2.28. The predicted octanol–water partition coefficient (Wildman–Crippen LogP) is 2.41. The van der Waals surface area contributed by atoms with Crippen molar-refractivity contribution >= 4 is 17.9 Å². The van der Waals surface area contributed by atoms with Crippen LogP contribution < -0.4 is 10.9 Å². The first-order chi connectivity index (χ1) is 16.0. The molecule has 1 aromatic carbocycles. The molecule has 1 N–H and O–H groups in total. The Labute approximate surface area is 199 Å². The summed E-state index contributed by atoms with van der Waals surface area (Å²) in [5.74, 6) is -0.790. The lowest BCUT2D eigenvalue weighted by atomic mass is 10.1. The third-order valence-corrected chi connectivity index (χ3v) is 5.50. The SMILES string of the molecule is Cc1ccc(CNC(=O)c2ccc3n(c2=O)CCN(CCN(C)C(=O)OC(C)(C)C)C3=O)cc1. The Morgan fingerprint density at radius 1 is 1.06 bits per heavy atom. The van der Waals surface area contributed by atoms with Gasteiger partial charge in [-0.15, -0.1) is 0 Å². The Bertz CT molecular complexity index is 1130. The Hall–Kier alpha value is -3.62. The molecular formula is C25H32N4O5. The Balaban J connectivity index is 1.63. The monoisotopic (exact) mass is 468 g/mol. The standard InChI is InChI=1S/C25H32N4O5/c1-17-6-8-18(9-7-17)16-26-21(30)19-10-11-20-23(32)28(14-15-29(20)22(19)31)13-12-27(5)24(33)34-25(2,3)4/h6-11H,12-16H2,1-5H3,(H,26,30). The van der Waals surface area contributed by atoms with E-state index in [1.54, 1.807) is 32.7 Å². The maximum absolute atomic E-state index is 12.9. The third-order valence-electron chi connectivity index (χ3n) is 5.50. The average Bonchev–Trinajstić information content (AvgIpc) is 2.77. The van der Waals surface area contributed by atoms with Gasteiger partial charge in [-0.05, 0) is 45.4 Å². The number of likely N-dealkylation sites (N-methyl/N-ethyl adjacent to an activating group) is 1. The van der Waals surface area contributed by atoms with Gasteiger partial charge in [0.25, 0.3) is 17.4 Å². The van der Waals surface area contributed by atoms with Gasteiger partial charge in [-0.2, -0.15) is 0 Å². The number of amides is 3. The number of aryl methyl sites for hydroxylation is 1. The molecule has 3 amide bonds. The summed E-state index contributed by atoms with van der Waals surface area (Å²) in [7, 11) is 1.61. The number of rotatable bonds is 6. The zero-order chi connectivity index (χ0) is 25.0. The third kappa shape index (κ3) is 6.03. The number of nitrogens with one attached hydrogen (secondary N) is 1. The maximum atomic E-state index is 12.9. The Morgan fingerprint density at radius 2 is 1.74 bits per heavy atom. The number of hydrogen-bond acceptors (Lipinski definition) is 5. The molecule has 0 bridgehead atoms. The maximum Gasteiger partial charge on any atom is 0.410 e. The largest absolute Gasteiger partial charge is 0.444 e. The summed E-state index contributed by atoms with van der Waals surface area (Å²) >= 11 is 0. The van der Waals surface area contributed by atoms with Gasteiger partial charge in [-0.3, -0.25) is 14.4 Å². The van der Waals surface area contributed by atoms with Gasteiger partial charge in [0.2, 0.25) is 0 Å². The lowest BCUT2D eigenvalue weighted by Gasteiger charge is -2.31. The van der Waals surface area contributed by atoms with Gasteiger partial charge in [0.05, 0.1) is 0 Å². The second-order valence-corrected chi connectivity index (χ2v) is 9.45. The zero-order valence-electron chi connectivity index (χ0n) is 20.4. The first-order valence-electron chi connectivity index (χ1n) is 11.3. The number of aromatic nitrogens is 1. The lowest BCUT2D eigenvalue weighted by Crippen LogP contribution is -2.48. The van der Waals surface area contributed by atoms with Gasteiger partial charge >= 0.3 is 6.09 Å². The molecular weight excluding hydrogens is 436 g/mol. The number of hydrogen-bond donors (Lipinski definition) is 1. The van der Waals surface area contributed by atoms with Crippen molar-refractivity contribution in [2.24, 2.45) is 0 Å².